The Balaban J connectivity index is 0.00000121. The molecule has 2 radical (unpaired) electrons. The molecule has 0 spiro atoms. The molecule has 0 unspecified atom stereocenters. The molecule has 3 nitrogen and oxygen atoms in total. The van der Waals surface area contributed by atoms with Crippen LogP contribution in [0.1, 0.15) is 11.3 Å². The fraction of sp³-hybridized carbons (Fsp3) is 0.250. The molecule has 1 heterocycles. The second kappa shape index (κ2) is 4.77. The van der Waals surface area contributed by atoms with Crippen LogP contribution in [0.25, 0.3) is 0 Å². The second-order valence-electron chi connectivity index (χ2n) is 2.45. The Morgan fingerprint density at radius 2 is 2.33 bits per heavy atom. The lowest BCUT2D eigenvalue weighted by Gasteiger charge is -1.96. The van der Waals surface area contributed by atoms with E-state index in [4.69, 9.17) is 5.73 Å². The summed E-state index contributed by atoms with van der Waals surface area (Å²) in [5.41, 5.74) is 6.84. The number of amides is 1. The van der Waals surface area contributed by atoms with Crippen LogP contribution in [0, 0.1) is 6.92 Å². The molecule has 0 fully saturated rings. The third-order valence-corrected chi connectivity index (χ3v) is 1.34. The van der Waals surface area contributed by atoms with Crippen molar-refractivity contribution in [3.63, 3.8) is 0 Å². The Morgan fingerprint density at radius 1 is 1.67 bits per heavy atom. The summed E-state index contributed by atoms with van der Waals surface area (Å²) in [7, 11) is 0. The maximum atomic E-state index is 10.5. The van der Waals surface area contributed by atoms with Crippen LogP contribution < -0.4 is 5.73 Å². The molecule has 64 valence electrons. The van der Waals surface area contributed by atoms with Gasteiger partial charge in [0.25, 0.3) is 0 Å². The van der Waals surface area contributed by atoms with E-state index in [0.717, 1.165) is 11.3 Å². The van der Waals surface area contributed by atoms with Gasteiger partial charge in [0.05, 0.1) is 6.42 Å². The average Bonchev–Trinajstić information content (AvgIpc) is 1.85. The van der Waals surface area contributed by atoms with E-state index in [9.17, 15) is 4.79 Å². The van der Waals surface area contributed by atoms with Crippen molar-refractivity contribution in [3.8, 4) is 0 Å². The smallest absolute Gasteiger partial charge is 0.221 e. The number of aryl methyl sites for hydroxylation is 1. The number of carbonyl (C=O) groups is 1. The lowest BCUT2D eigenvalue weighted by molar-refractivity contribution is -0.117. The molecule has 0 aliphatic carbocycles. The van der Waals surface area contributed by atoms with Gasteiger partial charge in [0.2, 0.25) is 5.91 Å². The topological polar surface area (TPSA) is 56.0 Å². The van der Waals surface area contributed by atoms with E-state index in [2.05, 4.69) is 4.98 Å². The van der Waals surface area contributed by atoms with E-state index >= 15 is 0 Å². The normalized spacial score (nSPS) is 8.75. The molecule has 1 aromatic rings. The van der Waals surface area contributed by atoms with Gasteiger partial charge in [-0.1, -0.05) is 0 Å². The third-order valence-electron chi connectivity index (χ3n) is 1.34. The quantitative estimate of drug-likeness (QED) is 0.743. The zero-order valence-electron chi connectivity index (χ0n) is 6.78. The minimum atomic E-state index is -0.310. The highest BCUT2D eigenvalue weighted by Crippen LogP contribution is 2.00. The zero-order chi connectivity index (χ0) is 8.27. The molecule has 0 saturated heterocycles. The van der Waals surface area contributed by atoms with Crippen LogP contribution >= 0.6 is 13.5 Å². The van der Waals surface area contributed by atoms with E-state index in [-0.39, 0.29) is 19.4 Å². The molecule has 1 aromatic heterocycles. The number of rotatable bonds is 2. The Kier molecular flexibility index (Phi) is 4.36. The number of pyridine rings is 1. The van der Waals surface area contributed by atoms with Crippen molar-refractivity contribution in [1.82, 2.24) is 4.98 Å². The van der Waals surface area contributed by atoms with Gasteiger partial charge in [-0.2, -0.15) is 0 Å². The lowest BCUT2D eigenvalue weighted by Crippen LogP contribution is -2.13. The first-order chi connectivity index (χ1) is 5.18. The van der Waals surface area contributed by atoms with Crippen LogP contribution in [-0.4, -0.2) is 10.9 Å². The summed E-state index contributed by atoms with van der Waals surface area (Å²) < 4.78 is 0. The summed E-state index contributed by atoms with van der Waals surface area (Å²) in [4.78, 5) is 14.5. The van der Waals surface area contributed by atoms with Gasteiger partial charge in [-0.05, 0) is 24.6 Å². The number of primary amides is 1. The van der Waals surface area contributed by atoms with Crippen LogP contribution in [0.2, 0.25) is 0 Å². The van der Waals surface area contributed by atoms with E-state index in [0.29, 0.717) is 6.42 Å². The van der Waals surface area contributed by atoms with E-state index in [1.54, 1.807) is 12.3 Å². The first kappa shape index (κ1) is 11.0. The molecule has 2 N–H and O–H groups in total. The number of hydrogen-bond donors (Lipinski definition) is 1. The van der Waals surface area contributed by atoms with Gasteiger partial charge in [0.15, 0.2) is 0 Å². The number of hydrogen-bond acceptors (Lipinski definition) is 2. The highest BCUT2D eigenvalue weighted by atomic mass is 32.1. The van der Waals surface area contributed by atoms with E-state index in [1.807, 2.05) is 13.0 Å². The molecule has 4 heteroatoms. The fourth-order valence-electron chi connectivity index (χ4n) is 0.915. The van der Waals surface area contributed by atoms with Gasteiger partial charge in [-0.15, -0.1) is 0 Å². The van der Waals surface area contributed by atoms with Crippen molar-refractivity contribution < 1.29 is 4.79 Å². The largest absolute Gasteiger partial charge is 0.369 e. The van der Waals surface area contributed by atoms with Crippen molar-refractivity contribution >= 4 is 19.4 Å². The molecule has 0 saturated carbocycles. The highest BCUT2D eigenvalue weighted by molar-refractivity contribution is 7.59. The molecule has 1 rings (SSSR count). The molecule has 0 atom stereocenters. The first-order valence-electron chi connectivity index (χ1n) is 3.38. The Morgan fingerprint density at radius 3 is 2.83 bits per heavy atom. The summed E-state index contributed by atoms with van der Waals surface area (Å²) in [6.45, 7) is 1.88. The Hall–Kier alpha value is -1.03. The minimum Gasteiger partial charge on any atom is -0.369 e. The second-order valence-corrected chi connectivity index (χ2v) is 2.45. The van der Waals surface area contributed by atoms with Gasteiger partial charge in [0, 0.05) is 25.4 Å². The Labute approximate surface area is 78.4 Å². The number of carbonyl (C=O) groups excluding carboxylic acids is 1. The molecule has 0 aromatic carbocycles. The van der Waals surface area contributed by atoms with Gasteiger partial charge >= 0.3 is 0 Å². The molecule has 0 aliphatic heterocycles. The van der Waals surface area contributed by atoms with Gasteiger partial charge in [-0.25, -0.2) is 0 Å². The molecule has 12 heavy (non-hydrogen) atoms. The number of nitrogens with two attached hydrogens (primary N) is 1. The molecule has 0 aliphatic rings. The minimum absolute atomic E-state index is 0. The monoisotopic (exact) mass is 182 g/mol. The van der Waals surface area contributed by atoms with Crippen LogP contribution in [0.15, 0.2) is 18.3 Å². The summed E-state index contributed by atoms with van der Waals surface area (Å²) in [5, 5.41) is 0. The van der Waals surface area contributed by atoms with Crippen molar-refractivity contribution in [2.45, 2.75) is 13.3 Å². The standard InChI is InChI=1S/C8H10N2O.S/c1-6-4-7(2-3-10-6)5-8(9)11;/h2-4H,5H2,1H3,(H2,9,11);. The maximum Gasteiger partial charge on any atom is 0.221 e. The van der Waals surface area contributed by atoms with Crippen LogP contribution in [0.4, 0.5) is 0 Å². The lowest BCUT2D eigenvalue weighted by atomic mass is 10.2. The van der Waals surface area contributed by atoms with Crippen molar-refractivity contribution in [2.75, 3.05) is 0 Å². The SMILES string of the molecule is Cc1cc(CC(N)=O)ccn1.[S]. The number of nitrogens with zero attached hydrogens (tertiary/aromatic N) is 1. The van der Waals surface area contributed by atoms with Gasteiger partial charge in [-0.3, -0.25) is 9.78 Å². The fourth-order valence-corrected chi connectivity index (χ4v) is 0.915. The number of aromatic nitrogens is 1. The van der Waals surface area contributed by atoms with E-state index < -0.39 is 0 Å². The van der Waals surface area contributed by atoms with Crippen LogP contribution in [0.5, 0.6) is 0 Å². The van der Waals surface area contributed by atoms with Crippen LogP contribution in [0.3, 0.4) is 0 Å². The van der Waals surface area contributed by atoms with Crippen molar-refractivity contribution in [2.24, 2.45) is 5.73 Å². The summed E-state index contributed by atoms with van der Waals surface area (Å²) in [5.74, 6) is -0.310. The maximum absolute atomic E-state index is 10.5. The van der Waals surface area contributed by atoms with Crippen molar-refractivity contribution in [3.05, 3.63) is 29.6 Å². The van der Waals surface area contributed by atoms with Crippen molar-refractivity contribution in [1.29, 1.82) is 0 Å². The average molecular weight is 182 g/mol. The van der Waals surface area contributed by atoms with Crippen LogP contribution in [-0.2, 0) is 11.2 Å². The zero-order valence-corrected chi connectivity index (χ0v) is 7.60. The summed E-state index contributed by atoms with van der Waals surface area (Å²) in [6, 6.07) is 3.64. The molecular formula is C8H10N2OS. The molecule has 1 amide bonds. The third kappa shape index (κ3) is 3.39. The highest BCUT2D eigenvalue weighted by Gasteiger charge is 1.97. The Bertz CT molecular complexity index is 276. The van der Waals surface area contributed by atoms with Gasteiger partial charge < -0.3 is 5.73 Å². The summed E-state index contributed by atoms with van der Waals surface area (Å²) >= 11 is 0. The summed E-state index contributed by atoms with van der Waals surface area (Å²) in [6.07, 6.45) is 1.97. The first-order valence-corrected chi connectivity index (χ1v) is 3.38. The van der Waals surface area contributed by atoms with E-state index in [1.165, 1.54) is 0 Å². The van der Waals surface area contributed by atoms with Gasteiger partial charge in [0.1, 0.15) is 0 Å². The predicted octanol–water partition coefficient (Wildman–Crippen LogP) is 1.07. The molecular weight excluding hydrogens is 172 g/mol. The predicted molar refractivity (Wildman–Crippen MR) is 49.5 cm³/mol. The molecule has 0 bridgehead atoms.